The molecule has 0 aliphatic carbocycles. The van der Waals surface area contributed by atoms with E-state index in [1.54, 1.807) is 36.8 Å². The van der Waals surface area contributed by atoms with Crippen LogP contribution in [0.3, 0.4) is 0 Å². The van der Waals surface area contributed by atoms with Crippen molar-refractivity contribution in [3.05, 3.63) is 43.0 Å². The first kappa shape index (κ1) is 19.5. The zero-order valence-electron chi connectivity index (χ0n) is 15.2. The Morgan fingerprint density at radius 2 is 1.89 bits per heavy atom. The topological polar surface area (TPSA) is 96.3 Å². The number of aromatic nitrogens is 2. The molecule has 2 heterocycles. The van der Waals surface area contributed by atoms with E-state index in [1.165, 1.54) is 4.31 Å². The third-order valence-corrected chi connectivity index (χ3v) is 6.37. The molecule has 1 aromatic heterocycles. The van der Waals surface area contributed by atoms with E-state index in [-0.39, 0.29) is 17.3 Å². The molecule has 0 saturated carbocycles. The molecule has 1 aliphatic rings. The molecule has 146 valence electrons. The molecular formula is C18H25N5O3S. The highest BCUT2D eigenvalue weighted by molar-refractivity contribution is 7.89. The Morgan fingerprint density at radius 1 is 1.15 bits per heavy atom. The predicted octanol–water partition coefficient (Wildman–Crippen LogP) is 1.29. The van der Waals surface area contributed by atoms with Crippen LogP contribution in [0.15, 0.2) is 47.9 Å². The average molecular weight is 391 g/mol. The van der Waals surface area contributed by atoms with Crippen molar-refractivity contribution in [2.75, 3.05) is 31.5 Å². The lowest BCUT2D eigenvalue weighted by molar-refractivity contribution is -0.115. The molecule has 9 heteroatoms. The Kier molecular flexibility index (Phi) is 6.59. The average Bonchev–Trinajstić information content (AvgIpc) is 3.36. The van der Waals surface area contributed by atoms with Gasteiger partial charge >= 0.3 is 0 Å². The third kappa shape index (κ3) is 5.38. The Bertz CT molecular complexity index is 828. The van der Waals surface area contributed by atoms with Crippen molar-refractivity contribution in [3.8, 4) is 0 Å². The smallest absolute Gasteiger partial charge is 0.243 e. The van der Waals surface area contributed by atoms with Crippen LogP contribution >= 0.6 is 0 Å². The van der Waals surface area contributed by atoms with Crippen LogP contribution in [0.2, 0.25) is 0 Å². The van der Waals surface area contributed by atoms with Crippen LogP contribution in [0, 0.1) is 0 Å². The minimum Gasteiger partial charge on any atom is -0.337 e. The van der Waals surface area contributed by atoms with Crippen LogP contribution < -0.4 is 10.6 Å². The monoisotopic (exact) mass is 391 g/mol. The van der Waals surface area contributed by atoms with E-state index in [0.29, 0.717) is 18.8 Å². The molecule has 1 aromatic carbocycles. The lowest BCUT2D eigenvalue weighted by Gasteiger charge is -2.15. The molecule has 0 radical (unpaired) electrons. The van der Waals surface area contributed by atoms with Crippen molar-refractivity contribution >= 4 is 21.6 Å². The molecule has 0 atom stereocenters. The third-order valence-electron chi connectivity index (χ3n) is 4.46. The molecule has 3 rings (SSSR count). The predicted molar refractivity (Wildman–Crippen MR) is 103 cm³/mol. The highest BCUT2D eigenvalue weighted by Gasteiger charge is 2.26. The fraction of sp³-hybridized carbons (Fsp3) is 0.444. The number of amides is 1. The Balaban J connectivity index is 1.41. The summed E-state index contributed by atoms with van der Waals surface area (Å²) < 4.78 is 28.5. The summed E-state index contributed by atoms with van der Waals surface area (Å²) in [6, 6.07) is 6.34. The van der Waals surface area contributed by atoms with Gasteiger partial charge in [-0.05, 0) is 50.1 Å². The molecule has 1 amide bonds. The number of carbonyl (C=O) groups excluding carboxylic acids is 1. The van der Waals surface area contributed by atoms with E-state index in [1.807, 2.05) is 10.8 Å². The van der Waals surface area contributed by atoms with Crippen LogP contribution in [0.25, 0.3) is 0 Å². The molecule has 2 aromatic rings. The van der Waals surface area contributed by atoms with Crippen molar-refractivity contribution in [1.29, 1.82) is 0 Å². The van der Waals surface area contributed by atoms with Gasteiger partial charge in [0.1, 0.15) is 0 Å². The number of rotatable bonds is 9. The number of carbonyl (C=O) groups is 1. The van der Waals surface area contributed by atoms with Gasteiger partial charge in [0.2, 0.25) is 15.9 Å². The summed E-state index contributed by atoms with van der Waals surface area (Å²) in [6.45, 7) is 2.93. The van der Waals surface area contributed by atoms with Crippen LogP contribution in [0.1, 0.15) is 19.3 Å². The van der Waals surface area contributed by atoms with Gasteiger partial charge in [-0.2, -0.15) is 4.31 Å². The molecule has 8 nitrogen and oxygen atoms in total. The van der Waals surface area contributed by atoms with Gasteiger partial charge < -0.3 is 15.2 Å². The maximum Gasteiger partial charge on any atom is 0.243 e. The van der Waals surface area contributed by atoms with E-state index in [9.17, 15) is 13.2 Å². The van der Waals surface area contributed by atoms with Crippen LogP contribution in [0.5, 0.6) is 0 Å². The summed E-state index contributed by atoms with van der Waals surface area (Å²) >= 11 is 0. The van der Waals surface area contributed by atoms with Gasteiger partial charge in [0.15, 0.2) is 0 Å². The van der Waals surface area contributed by atoms with E-state index < -0.39 is 10.0 Å². The maximum absolute atomic E-state index is 12.5. The quantitative estimate of drug-likeness (QED) is 0.628. The molecule has 0 unspecified atom stereocenters. The minimum absolute atomic E-state index is 0.159. The van der Waals surface area contributed by atoms with Crippen LogP contribution in [0.4, 0.5) is 5.69 Å². The van der Waals surface area contributed by atoms with E-state index in [0.717, 1.165) is 32.4 Å². The van der Waals surface area contributed by atoms with Gasteiger partial charge in [-0.25, -0.2) is 13.4 Å². The number of hydrogen-bond donors (Lipinski definition) is 2. The van der Waals surface area contributed by atoms with Gasteiger partial charge in [0, 0.05) is 37.7 Å². The molecule has 1 aliphatic heterocycles. The number of imidazole rings is 1. The largest absolute Gasteiger partial charge is 0.337 e. The van der Waals surface area contributed by atoms with Gasteiger partial charge in [0.25, 0.3) is 0 Å². The number of nitrogens with one attached hydrogen (secondary N) is 2. The van der Waals surface area contributed by atoms with Gasteiger partial charge in [-0.3, -0.25) is 4.79 Å². The Labute approximate surface area is 159 Å². The molecule has 27 heavy (non-hydrogen) atoms. The summed E-state index contributed by atoms with van der Waals surface area (Å²) in [5, 5.41) is 5.86. The number of nitrogens with zero attached hydrogens (tertiary/aromatic N) is 3. The Morgan fingerprint density at radius 3 is 2.56 bits per heavy atom. The van der Waals surface area contributed by atoms with E-state index >= 15 is 0 Å². The molecule has 1 fully saturated rings. The summed E-state index contributed by atoms with van der Waals surface area (Å²) in [5.41, 5.74) is 0.584. The number of benzene rings is 1. The molecule has 0 bridgehead atoms. The summed E-state index contributed by atoms with van der Waals surface area (Å²) in [4.78, 5) is 16.2. The molecular weight excluding hydrogens is 366 g/mol. The van der Waals surface area contributed by atoms with Gasteiger partial charge in [-0.1, -0.05) is 0 Å². The first-order valence-corrected chi connectivity index (χ1v) is 10.6. The number of anilines is 1. The maximum atomic E-state index is 12.5. The first-order chi connectivity index (χ1) is 13.1. The number of sulfonamides is 1. The highest BCUT2D eigenvalue weighted by Crippen LogP contribution is 2.22. The van der Waals surface area contributed by atoms with Crippen molar-refractivity contribution in [2.45, 2.75) is 30.7 Å². The fourth-order valence-electron chi connectivity index (χ4n) is 3.00. The second kappa shape index (κ2) is 9.12. The summed E-state index contributed by atoms with van der Waals surface area (Å²) in [7, 11) is -3.42. The van der Waals surface area contributed by atoms with Gasteiger partial charge in [-0.15, -0.1) is 0 Å². The first-order valence-electron chi connectivity index (χ1n) is 9.12. The zero-order valence-corrected chi connectivity index (χ0v) is 16.0. The fourth-order valence-corrected chi connectivity index (χ4v) is 4.52. The second-order valence-corrected chi connectivity index (χ2v) is 8.45. The second-order valence-electron chi connectivity index (χ2n) is 6.51. The standard InChI is InChI=1S/C18H25N5O3S/c24-18(14-19-8-3-10-22-13-9-20-15-22)21-16-4-6-17(7-5-16)27(25,26)23-11-1-2-12-23/h4-7,9,13,15,19H,1-3,8,10-12,14H2,(H,21,24). The van der Waals surface area contributed by atoms with Crippen LogP contribution in [-0.2, 0) is 21.4 Å². The van der Waals surface area contributed by atoms with Crippen molar-refractivity contribution < 1.29 is 13.2 Å². The lowest BCUT2D eigenvalue weighted by atomic mass is 10.3. The SMILES string of the molecule is O=C(CNCCCn1ccnc1)Nc1ccc(S(=O)(=O)N2CCCC2)cc1. The van der Waals surface area contributed by atoms with Crippen LogP contribution in [-0.4, -0.2) is 54.4 Å². The zero-order chi connectivity index (χ0) is 19.1. The molecule has 0 spiro atoms. The summed E-state index contributed by atoms with van der Waals surface area (Å²) in [6.07, 6.45) is 8.11. The molecule has 1 saturated heterocycles. The van der Waals surface area contributed by atoms with E-state index in [4.69, 9.17) is 0 Å². The number of aryl methyl sites for hydroxylation is 1. The highest BCUT2D eigenvalue weighted by atomic mass is 32.2. The van der Waals surface area contributed by atoms with E-state index in [2.05, 4.69) is 15.6 Å². The molecule has 2 N–H and O–H groups in total. The minimum atomic E-state index is -3.42. The lowest BCUT2D eigenvalue weighted by Crippen LogP contribution is -2.29. The summed E-state index contributed by atoms with van der Waals surface area (Å²) in [5.74, 6) is -0.159. The number of hydrogen-bond acceptors (Lipinski definition) is 5. The van der Waals surface area contributed by atoms with Crippen molar-refractivity contribution in [2.24, 2.45) is 0 Å². The Hall–Kier alpha value is -2.23. The van der Waals surface area contributed by atoms with Crippen molar-refractivity contribution in [1.82, 2.24) is 19.2 Å². The van der Waals surface area contributed by atoms with Gasteiger partial charge in [0.05, 0.1) is 17.8 Å². The normalized spacial score (nSPS) is 15.1. The van der Waals surface area contributed by atoms with Crippen molar-refractivity contribution in [3.63, 3.8) is 0 Å².